The summed E-state index contributed by atoms with van der Waals surface area (Å²) in [6, 6.07) is 1.33. The van der Waals surface area contributed by atoms with Gasteiger partial charge >= 0.3 is 5.69 Å². The predicted octanol–water partition coefficient (Wildman–Crippen LogP) is -0.145. The molecule has 102 valence electrons. The molecule has 0 fully saturated rings. The van der Waals surface area contributed by atoms with Crippen LogP contribution < -0.4 is 11.2 Å². The number of nitrogens with zero attached hydrogens (tertiary/aromatic N) is 2. The first kappa shape index (κ1) is 14.7. The molecule has 0 aliphatic carbocycles. The van der Waals surface area contributed by atoms with Crippen molar-refractivity contribution in [3.8, 4) is 0 Å². The number of rotatable bonds is 6. The Balaban J connectivity index is 2.91. The van der Waals surface area contributed by atoms with Crippen molar-refractivity contribution in [1.29, 1.82) is 0 Å². The Labute approximate surface area is 106 Å². The van der Waals surface area contributed by atoms with E-state index in [0.717, 1.165) is 17.2 Å². The summed E-state index contributed by atoms with van der Waals surface area (Å²) in [6.07, 6.45) is 3.67. The van der Waals surface area contributed by atoms with Crippen LogP contribution in [0.15, 0.2) is 21.9 Å². The second-order valence-electron chi connectivity index (χ2n) is 4.27. The third kappa shape index (κ3) is 4.14. The number of sulfone groups is 1. The van der Waals surface area contributed by atoms with Crippen molar-refractivity contribution in [3.63, 3.8) is 0 Å². The lowest BCUT2D eigenvalue weighted by molar-refractivity contribution is 0.536. The SMILES string of the molecule is CCCn1ccc(=O)n(CCCS(C)(=O)=O)c1=O. The van der Waals surface area contributed by atoms with Gasteiger partial charge in [0, 0.05) is 31.6 Å². The fourth-order valence-electron chi connectivity index (χ4n) is 1.66. The first-order chi connectivity index (χ1) is 8.35. The van der Waals surface area contributed by atoms with Crippen LogP contribution in [-0.2, 0) is 22.9 Å². The van der Waals surface area contributed by atoms with Gasteiger partial charge in [-0.2, -0.15) is 0 Å². The zero-order valence-electron chi connectivity index (χ0n) is 10.6. The number of hydrogen-bond donors (Lipinski definition) is 0. The quantitative estimate of drug-likeness (QED) is 0.723. The Morgan fingerprint density at radius 1 is 1.22 bits per heavy atom. The Hall–Kier alpha value is -1.37. The average Bonchev–Trinajstić information content (AvgIpc) is 2.26. The normalized spacial score (nSPS) is 11.7. The zero-order valence-corrected chi connectivity index (χ0v) is 11.4. The summed E-state index contributed by atoms with van der Waals surface area (Å²) in [5.74, 6) is -0.0262. The summed E-state index contributed by atoms with van der Waals surface area (Å²) in [6.45, 7) is 2.62. The van der Waals surface area contributed by atoms with Gasteiger partial charge in [0.15, 0.2) is 0 Å². The van der Waals surface area contributed by atoms with Crippen LogP contribution in [0.1, 0.15) is 19.8 Å². The molecule has 1 aromatic heterocycles. The van der Waals surface area contributed by atoms with Crippen molar-refractivity contribution in [2.75, 3.05) is 12.0 Å². The molecule has 0 bridgehead atoms. The molecule has 1 aromatic rings. The van der Waals surface area contributed by atoms with Crippen molar-refractivity contribution in [1.82, 2.24) is 9.13 Å². The molecule has 0 unspecified atom stereocenters. The molecular weight excluding hydrogens is 256 g/mol. The molecule has 0 saturated carbocycles. The monoisotopic (exact) mass is 274 g/mol. The van der Waals surface area contributed by atoms with E-state index >= 15 is 0 Å². The minimum Gasteiger partial charge on any atom is -0.300 e. The highest BCUT2D eigenvalue weighted by atomic mass is 32.2. The van der Waals surface area contributed by atoms with Gasteiger partial charge in [-0.05, 0) is 12.8 Å². The molecule has 0 N–H and O–H groups in total. The fourth-order valence-corrected chi connectivity index (χ4v) is 2.31. The van der Waals surface area contributed by atoms with Crippen LogP contribution in [0.2, 0.25) is 0 Å². The lowest BCUT2D eigenvalue weighted by Gasteiger charge is -2.08. The van der Waals surface area contributed by atoms with Crippen LogP contribution in [0.4, 0.5) is 0 Å². The largest absolute Gasteiger partial charge is 0.330 e. The third-order valence-corrected chi connectivity index (χ3v) is 3.53. The summed E-state index contributed by atoms with van der Waals surface area (Å²) in [5, 5.41) is 0. The Morgan fingerprint density at radius 2 is 1.89 bits per heavy atom. The van der Waals surface area contributed by atoms with Gasteiger partial charge in [-0.3, -0.25) is 9.36 Å². The molecule has 0 atom stereocenters. The second kappa shape index (κ2) is 5.99. The van der Waals surface area contributed by atoms with Gasteiger partial charge in [-0.15, -0.1) is 0 Å². The topological polar surface area (TPSA) is 78.1 Å². The molecule has 0 saturated heterocycles. The number of hydrogen-bond acceptors (Lipinski definition) is 4. The van der Waals surface area contributed by atoms with Crippen molar-refractivity contribution in [2.45, 2.75) is 32.9 Å². The average molecular weight is 274 g/mol. The summed E-state index contributed by atoms with van der Waals surface area (Å²) in [7, 11) is -3.06. The van der Waals surface area contributed by atoms with Gasteiger partial charge in [0.25, 0.3) is 5.56 Å². The Morgan fingerprint density at radius 3 is 2.44 bits per heavy atom. The second-order valence-corrected chi connectivity index (χ2v) is 6.52. The van der Waals surface area contributed by atoms with Gasteiger partial charge in [-0.25, -0.2) is 13.2 Å². The summed E-state index contributed by atoms with van der Waals surface area (Å²) in [4.78, 5) is 23.5. The molecule has 0 radical (unpaired) electrons. The van der Waals surface area contributed by atoms with Crippen molar-refractivity contribution in [3.05, 3.63) is 33.1 Å². The van der Waals surface area contributed by atoms with E-state index in [-0.39, 0.29) is 30.0 Å². The van der Waals surface area contributed by atoms with E-state index < -0.39 is 9.84 Å². The molecule has 0 spiro atoms. The fraction of sp³-hybridized carbons (Fsp3) is 0.636. The summed E-state index contributed by atoms with van der Waals surface area (Å²) >= 11 is 0. The summed E-state index contributed by atoms with van der Waals surface area (Å²) < 4.78 is 24.5. The van der Waals surface area contributed by atoms with Crippen LogP contribution >= 0.6 is 0 Å². The van der Waals surface area contributed by atoms with Gasteiger partial charge in [0.2, 0.25) is 0 Å². The minimum absolute atomic E-state index is 0.0262. The van der Waals surface area contributed by atoms with E-state index in [9.17, 15) is 18.0 Å². The highest BCUT2D eigenvalue weighted by Crippen LogP contribution is 1.91. The molecule has 1 heterocycles. The van der Waals surface area contributed by atoms with Crippen LogP contribution in [-0.4, -0.2) is 29.6 Å². The van der Waals surface area contributed by atoms with Crippen molar-refractivity contribution < 1.29 is 8.42 Å². The van der Waals surface area contributed by atoms with Gasteiger partial charge in [0.05, 0.1) is 5.75 Å². The molecule has 0 aliphatic rings. The Kier molecular flexibility index (Phi) is 4.89. The van der Waals surface area contributed by atoms with Crippen LogP contribution in [0.25, 0.3) is 0 Å². The third-order valence-electron chi connectivity index (χ3n) is 2.50. The first-order valence-electron chi connectivity index (χ1n) is 5.83. The molecule has 6 nitrogen and oxygen atoms in total. The summed E-state index contributed by atoms with van der Waals surface area (Å²) in [5.41, 5.74) is -0.765. The molecule has 1 rings (SSSR count). The van der Waals surface area contributed by atoms with Crippen LogP contribution in [0.5, 0.6) is 0 Å². The van der Waals surface area contributed by atoms with Crippen molar-refractivity contribution >= 4 is 9.84 Å². The standard InChI is InChI=1S/C11H18N2O4S/c1-3-6-12-8-5-10(14)13(11(12)15)7-4-9-18(2,16)17/h5,8H,3-4,6-7,9H2,1-2H3. The maximum atomic E-state index is 11.9. The number of aryl methyl sites for hydroxylation is 1. The van der Waals surface area contributed by atoms with E-state index in [2.05, 4.69) is 0 Å². The first-order valence-corrected chi connectivity index (χ1v) is 7.89. The number of aromatic nitrogens is 2. The smallest absolute Gasteiger partial charge is 0.300 e. The molecule has 0 aromatic carbocycles. The van der Waals surface area contributed by atoms with E-state index in [1.165, 1.54) is 16.8 Å². The minimum atomic E-state index is -3.06. The molecule has 7 heteroatoms. The molecular formula is C11H18N2O4S. The lowest BCUT2D eigenvalue weighted by atomic mass is 10.4. The highest BCUT2D eigenvalue weighted by Gasteiger charge is 2.07. The van der Waals surface area contributed by atoms with Gasteiger partial charge in [0.1, 0.15) is 9.84 Å². The molecule has 0 aliphatic heterocycles. The molecule has 0 amide bonds. The van der Waals surface area contributed by atoms with Crippen LogP contribution in [0.3, 0.4) is 0 Å². The maximum absolute atomic E-state index is 11.9. The zero-order chi connectivity index (χ0) is 13.8. The van der Waals surface area contributed by atoms with Crippen LogP contribution in [0, 0.1) is 0 Å². The predicted molar refractivity (Wildman–Crippen MR) is 69.6 cm³/mol. The van der Waals surface area contributed by atoms with E-state index in [1.54, 1.807) is 0 Å². The van der Waals surface area contributed by atoms with Gasteiger partial charge in [-0.1, -0.05) is 6.92 Å². The molecule has 18 heavy (non-hydrogen) atoms. The maximum Gasteiger partial charge on any atom is 0.330 e. The van der Waals surface area contributed by atoms with E-state index in [0.29, 0.717) is 6.54 Å². The van der Waals surface area contributed by atoms with Gasteiger partial charge < -0.3 is 4.57 Å². The highest BCUT2D eigenvalue weighted by molar-refractivity contribution is 7.90. The lowest BCUT2D eigenvalue weighted by Crippen LogP contribution is -2.39. The van der Waals surface area contributed by atoms with E-state index in [1.807, 2.05) is 6.92 Å². The van der Waals surface area contributed by atoms with Crippen molar-refractivity contribution in [2.24, 2.45) is 0 Å². The van der Waals surface area contributed by atoms with E-state index in [4.69, 9.17) is 0 Å². The Bertz CT molecular complexity index is 613.